The summed E-state index contributed by atoms with van der Waals surface area (Å²) in [6.45, 7) is 0. The van der Waals surface area contributed by atoms with Gasteiger partial charge in [-0.3, -0.25) is 4.79 Å². The molecule has 1 amide bonds. The molecule has 116 valence electrons. The van der Waals surface area contributed by atoms with Crippen molar-refractivity contribution in [1.29, 1.82) is 0 Å². The second-order valence-corrected chi connectivity index (χ2v) is 5.52. The summed E-state index contributed by atoms with van der Waals surface area (Å²) < 4.78 is 5.04. The van der Waals surface area contributed by atoms with E-state index in [9.17, 15) is 4.79 Å². The van der Waals surface area contributed by atoms with E-state index in [2.05, 4.69) is 10.6 Å². The molecule has 2 N–H and O–H groups in total. The fraction of sp³-hybridized carbons (Fsp3) is 0. The van der Waals surface area contributed by atoms with E-state index in [0.717, 1.165) is 5.69 Å². The van der Waals surface area contributed by atoms with Crippen LogP contribution in [0.5, 0.6) is 0 Å². The Morgan fingerprint density at radius 1 is 0.913 bits per heavy atom. The third-order valence-corrected chi connectivity index (χ3v) is 3.94. The molecule has 1 heterocycles. The van der Waals surface area contributed by atoms with Crippen LogP contribution in [0.15, 0.2) is 65.3 Å². The number of anilines is 3. The number of hydrogen-bond acceptors (Lipinski definition) is 3. The maximum Gasteiger partial charge on any atom is 0.291 e. The Balaban J connectivity index is 1.70. The van der Waals surface area contributed by atoms with Crippen LogP contribution in [0.1, 0.15) is 10.6 Å². The molecule has 0 atom stereocenters. The van der Waals surface area contributed by atoms with Gasteiger partial charge in [0.2, 0.25) is 0 Å². The minimum Gasteiger partial charge on any atom is -0.459 e. The zero-order valence-corrected chi connectivity index (χ0v) is 13.4. The zero-order chi connectivity index (χ0) is 16.2. The molecule has 0 spiro atoms. The molecule has 1 aromatic heterocycles. The Hall–Kier alpha value is -2.43. The third-order valence-electron chi connectivity index (χ3n) is 3.12. The molecule has 0 unspecified atom stereocenters. The molecule has 0 radical (unpaired) electrons. The van der Waals surface area contributed by atoms with Crippen molar-refractivity contribution >= 4 is 46.2 Å². The van der Waals surface area contributed by atoms with Gasteiger partial charge >= 0.3 is 0 Å². The van der Waals surface area contributed by atoms with Crippen molar-refractivity contribution in [2.75, 3.05) is 10.6 Å². The van der Waals surface area contributed by atoms with E-state index in [1.54, 1.807) is 30.3 Å². The van der Waals surface area contributed by atoms with Crippen LogP contribution in [0, 0.1) is 0 Å². The summed E-state index contributed by atoms with van der Waals surface area (Å²) in [6, 6.07) is 15.9. The lowest BCUT2D eigenvalue weighted by atomic mass is 10.2. The zero-order valence-electron chi connectivity index (χ0n) is 11.8. The number of halogens is 2. The molecular weight excluding hydrogens is 335 g/mol. The topological polar surface area (TPSA) is 54.3 Å². The van der Waals surface area contributed by atoms with E-state index in [1.165, 1.54) is 6.26 Å². The SMILES string of the molecule is O=C(Nc1ccc(Nc2cccc(Cl)c2Cl)cc1)c1ccco1. The maximum absolute atomic E-state index is 11.9. The van der Waals surface area contributed by atoms with Gasteiger partial charge in [0.25, 0.3) is 5.91 Å². The molecule has 0 saturated carbocycles. The number of nitrogens with one attached hydrogen (secondary N) is 2. The predicted octanol–water partition coefficient (Wildman–Crippen LogP) is 5.58. The molecule has 0 fully saturated rings. The number of hydrogen-bond donors (Lipinski definition) is 2. The van der Waals surface area contributed by atoms with Gasteiger partial charge in [-0.2, -0.15) is 0 Å². The monoisotopic (exact) mass is 346 g/mol. The fourth-order valence-electron chi connectivity index (χ4n) is 1.99. The summed E-state index contributed by atoms with van der Waals surface area (Å²) in [6.07, 6.45) is 1.46. The highest BCUT2D eigenvalue weighted by molar-refractivity contribution is 6.43. The quantitative estimate of drug-likeness (QED) is 0.648. The second-order valence-electron chi connectivity index (χ2n) is 4.74. The minimum absolute atomic E-state index is 0.262. The first-order valence-electron chi connectivity index (χ1n) is 6.79. The molecule has 0 aliphatic carbocycles. The summed E-state index contributed by atoms with van der Waals surface area (Å²) >= 11 is 12.1. The van der Waals surface area contributed by atoms with Crippen LogP contribution in [0.2, 0.25) is 10.0 Å². The lowest BCUT2D eigenvalue weighted by Crippen LogP contribution is -2.10. The number of rotatable bonds is 4. The summed E-state index contributed by atoms with van der Waals surface area (Å²) in [4.78, 5) is 11.9. The number of carbonyl (C=O) groups excluding carboxylic acids is 1. The van der Waals surface area contributed by atoms with Crippen molar-refractivity contribution < 1.29 is 9.21 Å². The van der Waals surface area contributed by atoms with E-state index < -0.39 is 0 Å². The van der Waals surface area contributed by atoms with E-state index in [0.29, 0.717) is 21.4 Å². The highest BCUT2D eigenvalue weighted by atomic mass is 35.5. The number of furan rings is 1. The van der Waals surface area contributed by atoms with Crippen molar-refractivity contribution in [3.63, 3.8) is 0 Å². The molecule has 0 aliphatic heterocycles. The Morgan fingerprint density at radius 3 is 2.35 bits per heavy atom. The van der Waals surface area contributed by atoms with Crippen LogP contribution in [0.4, 0.5) is 17.1 Å². The van der Waals surface area contributed by atoms with Gasteiger partial charge in [-0.15, -0.1) is 0 Å². The summed E-state index contributed by atoms with van der Waals surface area (Å²) in [5, 5.41) is 6.87. The molecule has 4 nitrogen and oxygen atoms in total. The first kappa shape index (κ1) is 15.5. The first-order valence-corrected chi connectivity index (χ1v) is 7.55. The van der Waals surface area contributed by atoms with Crippen LogP contribution in [0.25, 0.3) is 0 Å². The predicted molar refractivity (Wildman–Crippen MR) is 92.8 cm³/mol. The summed E-state index contributed by atoms with van der Waals surface area (Å²) in [5.74, 6) is -0.0356. The van der Waals surface area contributed by atoms with Gasteiger partial charge in [-0.1, -0.05) is 29.3 Å². The molecular formula is C17H12Cl2N2O2. The van der Waals surface area contributed by atoms with Crippen LogP contribution in [0.3, 0.4) is 0 Å². The van der Waals surface area contributed by atoms with Crippen molar-refractivity contribution in [2.24, 2.45) is 0 Å². The standard InChI is InChI=1S/C17H12Cl2N2O2/c18-13-3-1-4-14(16(13)19)20-11-6-8-12(9-7-11)21-17(22)15-5-2-10-23-15/h1-10,20H,(H,21,22). The van der Waals surface area contributed by atoms with E-state index in [-0.39, 0.29) is 11.7 Å². The molecule has 6 heteroatoms. The van der Waals surface area contributed by atoms with Crippen molar-refractivity contribution in [3.8, 4) is 0 Å². The molecule has 0 saturated heterocycles. The summed E-state index contributed by atoms with van der Waals surface area (Å²) in [7, 11) is 0. The van der Waals surface area contributed by atoms with Crippen LogP contribution in [-0.4, -0.2) is 5.91 Å². The fourth-order valence-corrected chi connectivity index (χ4v) is 2.34. The maximum atomic E-state index is 11.9. The van der Waals surface area contributed by atoms with Crippen LogP contribution >= 0.6 is 23.2 Å². The van der Waals surface area contributed by atoms with E-state index in [4.69, 9.17) is 27.6 Å². The van der Waals surface area contributed by atoms with E-state index >= 15 is 0 Å². The Bertz CT molecular complexity index is 815. The van der Waals surface area contributed by atoms with Crippen molar-refractivity contribution in [3.05, 3.63) is 76.7 Å². The van der Waals surface area contributed by atoms with Gasteiger partial charge in [0.05, 0.1) is 22.0 Å². The van der Waals surface area contributed by atoms with E-state index in [1.807, 2.05) is 24.3 Å². The Kier molecular flexibility index (Phi) is 4.55. The Morgan fingerprint density at radius 2 is 1.65 bits per heavy atom. The average Bonchev–Trinajstić information content (AvgIpc) is 3.08. The molecule has 0 aliphatic rings. The highest BCUT2D eigenvalue weighted by Crippen LogP contribution is 2.31. The molecule has 2 aromatic carbocycles. The normalized spacial score (nSPS) is 10.3. The Labute approximate surface area is 143 Å². The van der Waals surface area contributed by atoms with Gasteiger partial charge in [-0.05, 0) is 48.5 Å². The number of amides is 1. The second kappa shape index (κ2) is 6.77. The minimum atomic E-state index is -0.298. The summed E-state index contributed by atoms with van der Waals surface area (Å²) in [5.41, 5.74) is 2.20. The van der Waals surface area contributed by atoms with Crippen molar-refractivity contribution in [2.45, 2.75) is 0 Å². The third kappa shape index (κ3) is 3.67. The van der Waals surface area contributed by atoms with Gasteiger partial charge < -0.3 is 15.1 Å². The lowest BCUT2D eigenvalue weighted by Gasteiger charge is -2.10. The van der Waals surface area contributed by atoms with Gasteiger partial charge in [0.15, 0.2) is 5.76 Å². The van der Waals surface area contributed by atoms with Gasteiger partial charge in [-0.25, -0.2) is 0 Å². The van der Waals surface area contributed by atoms with Crippen LogP contribution in [-0.2, 0) is 0 Å². The average molecular weight is 347 g/mol. The molecule has 0 bridgehead atoms. The van der Waals surface area contributed by atoms with Crippen molar-refractivity contribution in [1.82, 2.24) is 0 Å². The lowest BCUT2D eigenvalue weighted by molar-refractivity contribution is 0.0996. The molecule has 23 heavy (non-hydrogen) atoms. The molecule has 3 aromatic rings. The van der Waals surface area contributed by atoms with Gasteiger partial charge in [0.1, 0.15) is 0 Å². The molecule has 3 rings (SSSR count). The highest BCUT2D eigenvalue weighted by Gasteiger charge is 2.09. The van der Waals surface area contributed by atoms with Gasteiger partial charge in [0, 0.05) is 11.4 Å². The largest absolute Gasteiger partial charge is 0.459 e. The first-order chi connectivity index (χ1) is 11.1. The smallest absolute Gasteiger partial charge is 0.291 e. The van der Waals surface area contributed by atoms with Crippen LogP contribution < -0.4 is 10.6 Å². The number of benzene rings is 2. The number of carbonyl (C=O) groups is 1.